The van der Waals surface area contributed by atoms with E-state index in [1.54, 1.807) is 0 Å². The molecule has 1 aromatic rings. The maximum atomic E-state index is 12.3. The molecule has 1 aliphatic rings. The summed E-state index contributed by atoms with van der Waals surface area (Å²) in [7, 11) is -3.57. The van der Waals surface area contributed by atoms with Gasteiger partial charge in [-0.2, -0.15) is 0 Å². The Kier molecular flexibility index (Phi) is 3.54. The predicted octanol–water partition coefficient (Wildman–Crippen LogP) is 1.62. The molecule has 0 aromatic carbocycles. The number of rotatable bonds is 5. The van der Waals surface area contributed by atoms with Crippen molar-refractivity contribution in [2.45, 2.75) is 45.6 Å². The molecule has 2 rings (SSSR count). The molecule has 0 atom stereocenters. The Bertz CT molecular complexity index is 579. The molecule has 0 aliphatic heterocycles. The van der Waals surface area contributed by atoms with Gasteiger partial charge in [0.25, 0.3) is 0 Å². The number of sulfonamides is 1. The van der Waals surface area contributed by atoms with Crippen molar-refractivity contribution in [3.63, 3.8) is 0 Å². The van der Waals surface area contributed by atoms with Gasteiger partial charge >= 0.3 is 0 Å². The average molecular weight is 298 g/mol. The van der Waals surface area contributed by atoms with E-state index in [1.807, 2.05) is 6.92 Å². The topological polar surface area (TPSA) is 84.0 Å². The van der Waals surface area contributed by atoms with Gasteiger partial charge in [-0.3, -0.25) is 0 Å². The second-order valence-corrected chi connectivity index (χ2v) is 7.98. The van der Waals surface area contributed by atoms with Crippen LogP contribution in [0.1, 0.15) is 34.6 Å². The first-order valence-corrected chi connectivity index (χ1v) is 8.19. The number of hydrogen-bond acceptors (Lipinski definition) is 5. The fraction of sp³-hybridized carbons (Fsp3) is 0.692. The summed E-state index contributed by atoms with van der Waals surface area (Å²) in [6.07, 6.45) is 2.66. The molecule has 0 amide bonds. The van der Waals surface area contributed by atoms with Gasteiger partial charge in [-0.25, -0.2) is 23.1 Å². The molecular weight excluding hydrogens is 276 g/mol. The number of nitrogens with zero attached hydrogens (tertiary/aromatic N) is 2. The first-order chi connectivity index (χ1) is 9.13. The predicted molar refractivity (Wildman–Crippen MR) is 77.9 cm³/mol. The Morgan fingerprint density at radius 1 is 1.15 bits per heavy atom. The Labute approximate surface area is 120 Å². The van der Waals surface area contributed by atoms with E-state index < -0.39 is 10.0 Å². The van der Waals surface area contributed by atoms with Crippen molar-refractivity contribution in [3.05, 3.63) is 12.4 Å². The van der Waals surface area contributed by atoms with Crippen LogP contribution in [0.2, 0.25) is 0 Å². The van der Waals surface area contributed by atoms with Crippen LogP contribution in [-0.2, 0) is 10.0 Å². The highest BCUT2D eigenvalue weighted by Gasteiger charge is 2.66. The fourth-order valence-electron chi connectivity index (χ4n) is 2.42. The van der Waals surface area contributed by atoms with Crippen LogP contribution < -0.4 is 10.0 Å². The van der Waals surface area contributed by atoms with Gasteiger partial charge in [0.1, 0.15) is 4.90 Å². The zero-order valence-corrected chi connectivity index (χ0v) is 13.4. The van der Waals surface area contributed by atoms with Crippen LogP contribution in [0.3, 0.4) is 0 Å². The molecule has 0 radical (unpaired) electrons. The zero-order valence-electron chi connectivity index (χ0n) is 12.6. The second-order valence-electron chi connectivity index (χ2n) is 6.27. The van der Waals surface area contributed by atoms with Gasteiger partial charge in [0, 0.05) is 12.6 Å². The van der Waals surface area contributed by atoms with Crippen molar-refractivity contribution in [3.8, 4) is 0 Å². The summed E-state index contributed by atoms with van der Waals surface area (Å²) in [6.45, 7) is 10.9. The minimum atomic E-state index is -3.57. The Hall–Kier alpha value is -1.21. The van der Waals surface area contributed by atoms with E-state index >= 15 is 0 Å². The van der Waals surface area contributed by atoms with E-state index in [-0.39, 0.29) is 21.8 Å². The monoisotopic (exact) mass is 298 g/mol. The van der Waals surface area contributed by atoms with Gasteiger partial charge < -0.3 is 5.32 Å². The van der Waals surface area contributed by atoms with Gasteiger partial charge in [-0.15, -0.1) is 0 Å². The molecule has 1 fully saturated rings. The minimum absolute atomic E-state index is 0.0510. The van der Waals surface area contributed by atoms with E-state index in [0.717, 1.165) is 0 Å². The first kappa shape index (κ1) is 15.2. The number of aromatic nitrogens is 2. The Morgan fingerprint density at radius 2 is 1.65 bits per heavy atom. The zero-order chi connectivity index (χ0) is 15.2. The van der Waals surface area contributed by atoms with Gasteiger partial charge in [0.05, 0.1) is 12.4 Å². The highest BCUT2D eigenvalue weighted by atomic mass is 32.2. The molecule has 2 N–H and O–H groups in total. The van der Waals surface area contributed by atoms with E-state index in [0.29, 0.717) is 12.5 Å². The molecule has 1 aliphatic carbocycles. The van der Waals surface area contributed by atoms with Crippen molar-refractivity contribution in [1.82, 2.24) is 14.7 Å². The normalized spacial score (nSPS) is 20.6. The van der Waals surface area contributed by atoms with Crippen LogP contribution in [0.4, 0.5) is 5.95 Å². The van der Waals surface area contributed by atoms with Crippen LogP contribution in [0.15, 0.2) is 17.3 Å². The molecule has 0 bridgehead atoms. The molecule has 1 aromatic heterocycles. The van der Waals surface area contributed by atoms with E-state index in [1.165, 1.54) is 12.4 Å². The van der Waals surface area contributed by atoms with Crippen LogP contribution in [0, 0.1) is 10.8 Å². The van der Waals surface area contributed by atoms with Crippen LogP contribution in [0.5, 0.6) is 0 Å². The Balaban J connectivity index is 2.16. The quantitative estimate of drug-likeness (QED) is 0.863. The highest BCUT2D eigenvalue weighted by molar-refractivity contribution is 7.89. The molecule has 0 saturated heterocycles. The summed E-state index contributed by atoms with van der Waals surface area (Å²) in [5.41, 5.74) is -0.102. The maximum absolute atomic E-state index is 12.3. The lowest BCUT2D eigenvalue weighted by molar-refractivity contribution is 0.457. The molecule has 6 nitrogen and oxygen atoms in total. The molecule has 1 heterocycles. The first-order valence-electron chi connectivity index (χ1n) is 6.71. The lowest BCUT2D eigenvalue weighted by Gasteiger charge is -2.08. The summed E-state index contributed by atoms with van der Waals surface area (Å²) in [5, 5.41) is 2.93. The number of anilines is 1. The highest BCUT2D eigenvalue weighted by Crippen LogP contribution is 2.62. The summed E-state index contributed by atoms with van der Waals surface area (Å²) in [6, 6.07) is -0.0755. The number of hydrogen-bond donors (Lipinski definition) is 2. The standard InChI is InChI=1S/C13H22N4O2S/c1-6-14-11-15-7-9(8-16-11)20(18,19)17-10-12(2,3)13(10,4)5/h7-8,10,17H,6H2,1-5H3,(H,14,15,16). The summed E-state index contributed by atoms with van der Waals surface area (Å²) < 4.78 is 27.4. The van der Waals surface area contributed by atoms with E-state index in [2.05, 4.69) is 47.7 Å². The van der Waals surface area contributed by atoms with Crippen LogP contribution in [0.25, 0.3) is 0 Å². The third-order valence-electron chi connectivity index (χ3n) is 4.57. The molecule has 7 heteroatoms. The van der Waals surface area contributed by atoms with E-state index in [9.17, 15) is 8.42 Å². The third-order valence-corrected chi connectivity index (χ3v) is 5.94. The molecule has 20 heavy (non-hydrogen) atoms. The maximum Gasteiger partial charge on any atom is 0.243 e. The molecule has 1 saturated carbocycles. The fourth-order valence-corrected chi connectivity index (χ4v) is 3.84. The molecule has 112 valence electrons. The van der Waals surface area contributed by atoms with Crippen molar-refractivity contribution in [2.75, 3.05) is 11.9 Å². The Morgan fingerprint density at radius 3 is 2.05 bits per heavy atom. The number of nitrogens with one attached hydrogen (secondary N) is 2. The van der Waals surface area contributed by atoms with Crippen molar-refractivity contribution in [1.29, 1.82) is 0 Å². The van der Waals surface area contributed by atoms with Crippen molar-refractivity contribution < 1.29 is 8.42 Å². The van der Waals surface area contributed by atoms with Crippen LogP contribution >= 0.6 is 0 Å². The second kappa shape index (κ2) is 4.66. The average Bonchev–Trinajstić information content (AvgIpc) is 2.72. The minimum Gasteiger partial charge on any atom is -0.355 e. The lowest BCUT2D eigenvalue weighted by atomic mass is 10.0. The summed E-state index contributed by atoms with van der Waals surface area (Å²) in [4.78, 5) is 8.08. The SMILES string of the molecule is CCNc1ncc(S(=O)(=O)NC2C(C)(C)C2(C)C)cn1. The lowest BCUT2D eigenvalue weighted by Crippen LogP contribution is -2.30. The van der Waals surface area contributed by atoms with Crippen molar-refractivity contribution >= 4 is 16.0 Å². The van der Waals surface area contributed by atoms with Crippen LogP contribution in [-0.4, -0.2) is 31.0 Å². The van der Waals surface area contributed by atoms with Gasteiger partial charge in [0.15, 0.2) is 0 Å². The van der Waals surface area contributed by atoms with E-state index in [4.69, 9.17) is 0 Å². The van der Waals surface area contributed by atoms with Gasteiger partial charge in [-0.1, -0.05) is 27.7 Å². The molecular formula is C13H22N4O2S. The van der Waals surface area contributed by atoms with Crippen molar-refractivity contribution in [2.24, 2.45) is 10.8 Å². The van der Waals surface area contributed by atoms with Gasteiger partial charge in [-0.05, 0) is 17.8 Å². The smallest absolute Gasteiger partial charge is 0.243 e. The third kappa shape index (κ3) is 2.40. The molecule has 0 spiro atoms. The molecule has 0 unspecified atom stereocenters. The summed E-state index contributed by atoms with van der Waals surface area (Å²) >= 11 is 0. The summed E-state index contributed by atoms with van der Waals surface area (Å²) in [5.74, 6) is 0.429. The van der Waals surface area contributed by atoms with Gasteiger partial charge in [0.2, 0.25) is 16.0 Å². The largest absolute Gasteiger partial charge is 0.355 e.